The summed E-state index contributed by atoms with van der Waals surface area (Å²) in [6.45, 7) is 2.24. The summed E-state index contributed by atoms with van der Waals surface area (Å²) in [5.74, 6) is 0.783. The first-order valence-electron chi connectivity index (χ1n) is 10.2. The molecule has 1 saturated heterocycles. The Bertz CT molecular complexity index is 900. The number of nitrogens with zero attached hydrogens (tertiary/aromatic N) is 1. The number of rotatable bonds is 5. The maximum Gasteiger partial charge on any atom is 0.185 e. The fraction of sp³-hybridized carbons (Fsp3) is 0.320. The lowest BCUT2D eigenvalue weighted by molar-refractivity contribution is 0.104. The Kier molecular flexibility index (Phi) is 5.61. The molecule has 0 atom stereocenters. The van der Waals surface area contributed by atoms with Crippen LogP contribution in [0.2, 0.25) is 0 Å². The largest absolute Gasteiger partial charge is 0.497 e. The lowest BCUT2D eigenvalue weighted by Crippen LogP contribution is -2.24. The fourth-order valence-electron chi connectivity index (χ4n) is 4.19. The highest BCUT2D eigenvalue weighted by Crippen LogP contribution is 2.36. The smallest absolute Gasteiger partial charge is 0.185 e. The predicted molar refractivity (Wildman–Crippen MR) is 114 cm³/mol. The van der Waals surface area contributed by atoms with E-state index in [-0.39, 0.29) is 5.78 Å². The van der Waals surface area contributed by atoms with Crippen LogP contribution in [-0.4, -0.2) is 30.9 Å². The van der Waals surface area contributed by atoms with Gasteiger partial charge in [0.1, 0.15) is 5.75 Å². The molecule has 0 bridgehead atoms. The standard InChI is InChI=1S/C25H27NO2/c1-28-21-12-10-19(11-13-21)25(27)15-14-23-22-9-5-4-8-20(22)18-24(23)26-16-6-2-3-7-17-26/h4-5,8-15H,2-3,6-7,16-18H2,1H3/b15-14-. The highest BCUT2D eigenvalue weighted by atomic mass is 16.5. The minimum Gasteiger partial charge on any atom is -0.497 e. The number of ether oxygens (including phenoxy) is 1. The fourth-order valence-corrected chi connectivity index (χ4v) is 4.19. The second-order valence-electron chi connectivity index (χ2n) is 7.52. The minimum atomic E-state index is 0.0229. The Morgan fingerprint density at radius 1 is 0.964 bits per heavy atom. The molecular formula is C25H27NO2. The molecule has 2 aromatic rings. The summed E-state index contributed by atoms with van der Waals surface area (Å²) in [5, 5.41) is 0. The summed E-state index contributed by atoms with van der Waals surface area (Å²) in [4.78, 5) is 15.2. The number of allylic oxidation sites excluding steroid dienone is 4. The number of carbonyl (C=O) groups excluding carboxylic acids is 1. The molecule has 28 heavy (non-hydrogen) atoms. The van der Waals surface area contributed by atoms with Gasteiger partial charge in [-0.05, 0) is 60.4 Å². The average Bonchev–Trinajstić information content (AvgIpc) is 2.90. The van der Waals surface area contributed by atoms with Gasteiger partial charge in [-0.25, -0.2) is 0 Å². The molecule has 0 amide bonds. The molecule has 144 valence electrons. The zero-order chi connectivity index (χ0) is 19.3. The van der Waals surface area contributed by atoms with Gasteiger partial charge in [0.2, 0.25) is 0 Å². The quantitative estimate of drug-likeness (QED) is 0.528. The molecule has 4 rings (SSSR count). The van der Waals surface area contributed by atoms with Crippen LogP contribution in [0, 0.1) is 0 Å². The second kappa shape index (κ2) is 8.47. The highest BCUT2D eigenvalue weighted by molar-refractivity contribution is 6.06. The molecule has 1 aliphatic carbocycles. The molecule has 0 unspecified atom stereocenters. The molecule has 3 nitrogen and oxygen atoms in total. The van der Waals surface area contributed by atoms with Crippen molar-refractivity contribution < 1.29 is 9.53 Å². The van der Waals surface area contributed by atoms with Gasteiger partial charge in [0.25, 0.3) is 0 Å². The van der Waals surface area contributed by atoms with E-state index in [2.05, 4.69) is 29.2 Å². The molecule has 1 aliphatic heterocycles. The average molecular weight is 373 g/mol. The molecule has 0 radical (unpaired) electrons. The number of ketones is 1. The number of fused-ring (bicyclic) bond motifs is 1. The van der Waals surface area contributed by atoms with Crippen LogP contribution >= 0.6 is 0 Å². The van der Waals surface area contributed by atoms with Crippen molar-refractivity contribution >= 4 is 11.4 Å². The SMILES string of the molecule is COc1ccc(C(=O)/C=C\C2=C(N3CCCCCC3)Cc3ccccc32)cc1. The normalized spacial score (nSPS) is 17.0. The zero-order valence-electron chi connectivity index (χ0n) is 16.5. The van der Waals surface area contributed by atoms with Gasteiger partial charge in [-0.3, -0.25) is 4.79 Å². The van der Waals surface area contributed by atoms with Crippen LogP contribution in [0.1, 0.15) is 47.2 Å². The first-order valence-corrected chi connectivity index (χ1v) is 10.2. The Labute approximate surface area is 167 Å². The van der Waals surface area contributed by atoms with Gasteiger partial charge < -0.3 is 9.64 Å². The van der Waals surface area contributed by atoms with Crippen molar-refractivity contribution in [3.63, 3.8) is 0 Å². The molecule has 0 N–H and O–H groups in total. The predicted octanol–water partition coefficient (Wildman–Crippen LogP) is 5.28. The van der Waals surface area contributed by atoms with Gasteiger partial charge in [-0.1, -0.05) is 37.1 Å². The number of hydrogen-bond donors (Lipinski definition) is 0. The van der Waals surface area contributed by atoms with Gasteiger partial charge in [-0.15, -0.1) is 0 Å². The van der Waals surface area contributed by atoms with E-state index in [1.54, 1.807) is 13.2 Å². The molecule has 0 aromatic heterocycles. The molecule has 0 spiro atoms. The van der Waals surface area contributed by atoms with Gasteiger partial charge in [-0.2, -0.15) is 0 Å². The minimum absolute atomic E-state index is 0.0229. The first-order chi connectivity index (χ1) is 13.8. The molecule has 1 heterocycles. The van der Waals surface area contributed by atoms with Crippen LogP contribution in [0.5, 0.6) is 5.75 Å². The van der Waals surface area contributed by atoms with Crippen LogP contribution in [-0.2, 0) is 6.42 Å². The Morgan fingerprint density at radius 3 is 2.39 bits per heavy atom. The third-order valence-corrected chi connectivity index (χ3v) is 5.74. The second-order valence-corrected chi connectivity index (χ2v) is 7.52. The van der Waals surface area contributed by atoms with E-state index >= 15 is 0 Å². The summed E-state index contributed by atoms with van der Waals surface area (Å²) in [6, 6.07) is 15.9. The van der Waals surface area contributed by atoms with Crippen LogP contribution < -0.4 is 4.74 Å². The number of benzene rings is 2. The lowest BCUT2D eigenvalue weighted by atomic mass is 10.0. The van der Waals surface area contributed by atoms with Crippen molar-refractivity contribution in [3.05, 3.63) is 83.1 Å². The van der Waals surface area contributed by atoms with E-state index in [4.69, 9.17) is 4.74 Å². The summed E-state index contributed by atoms with van der Waals surface area (Å²) in [7, 11) is 1.63. The summed E-state index contributed by atoms with van der Waals surface area (Å²) < 4.78 is 5.18. The molecule has 1 fully saturated rings. The number of likely N-dealkylation sites (tertiary alicyclic amines) is 1. The van der Waals surface area contributed by atoms with E-state index in [1.165, 1.54) is 48.1 Å². The van der Waals surface area contributed by atoms with Crippen molar-refractivity contribution in [2.24, 2.45) is 0 Å². The lowest BCUT2D eigenvalue weighted by Gasteiger charge is -2.25. The maximum absolute atomic E-state index is 12.7. The van der Waals surface area contributed by atoms with Crippen molar-refractivity contribution in [1.29, 1.82) is 0 Å². The van der Waals surface area contributed by atoms with Gasteiger partial charge in [0, 0.05) is 36.3 Å². The van der Waals surface area contributed by atoms with Crippen LogP contribution in [0.25, 0.3) is 5.57 Å². The molecule has 2 aliphatic rings. The Hall–Kier alpha value is -2.81. The van der Waals surface area contributed by atoms with Crippen LogP contribution in [0.3, 0.4) is 0 Å². The molecule has 3 heteroatoms. The monoisotopic (exact) mass is 373 g/mol. The summed E-state index contributed by atoms with van der Waals surface area (Å²) in [5.41, 5.74) is 5.89. The third kappa shape index (κ3) is 3.89. The van der Waals surface area contributed by atoms with E-state index in [0.29, 0.717) is 5.56 Å². The first kappa shape index (κ1) is 18.5. The topological polar surface area (TPSA) is 29.5 Å². The van der Waals surface area contributed by atoms with Gasteiger partial charge in [0.15, 0.2) is 5.78 Å². The van der Waals surface area contributed by atoms with Crippen LogP contribution in [0.4, 0.5) is 0 Å². The van der Waals surface area contributed by atoms with Gasteiger partial charge in [0.05, 0.1) is 7.11 Å². The Morgan fingerprint density at radius 2 is 1.68 bits per heavy atom. The van der Waals surface area contributed by atoms with Crippen LogP contribution in [0.15, 0.2) is 66.4 Å². The summed E-state index contributed by atoms with van der Waals surface area (Å²) >= 11 is 0. The number of methoxy groups -OCH3 is 1. The number of carbonyl (C=O) groups is 1. The van der Waals surface area contributed by atoms with E-state index < -0.39 is 0 Å². The molecule has 2 aromatic carbocycles. The van der Waals surface area contributed by atoms with E-state index in [1.807, 2.05) is 30.3 Å². The Balaban J connectivity index is 1.63. The summed E-state index contributed by atoms with van der Waals surface area (Å²) in [6.07, 6.45) is 9.85. The molecule has 0 saturated carbocycles. The van der Waals surface area contributed by atoms with Crippen molar-refractivity contribution in [2.75, 3.05) is 20.2 Å². The zero-order valence-corrected chi connectivity index (χ0v) is 16.5. The highest BCUT2D eigenvalue weighted by Gasteiger charge is 2.24. The van der Waals surface area contributed by atoms with Gasteiger partial charge >= 0.3 is 0 Å². The maximum atomic E-state index is 12.7. The molecular weight excluding hydrogens is 346 g/mol. The number of hydrogen-bond acceptors (Lipinski definition) is 3. The van der Waals surface area contributed by atoms with Crippen molar-refractivity contribution in [3.8, 4) is 5.75 Å². The van der Waals surface area contributed by atoms with Crippen molar-refractivity contribution in [2.45, 2.75) is 32.1 Å². The third-order valence-electron chi connectivity index (χ3n) is 5.74. The van der Waals surface area contributed by atoms with E-state index in [0.717, 1.165) is 25.3 Å². The van der Waals surface area contributed by atoms with Crippen molar-refractivity contribution in [1.82, 2.24) is 4.90 Å². The van der Waals surface area contributed by atoms with E-state index in [9.17, 15) is 4.79 Å².